The first-order valence-corrected chi connectivity index (χ1v) is 8.92. The monoisotopic (exact) mass is 332 g/mol. The summed E-state index contributed by atoms with van der Waals surface area (Å²) in [6.07, 6.45) is 4.02. The smallest absolute Gasteiger partial charge is 0.248 e. The second-order valence-electron chi connectivity index (χ2n) is 7.58. The van der Waals surface area contributed by atoms with Crippen LogP contribution in [0.15, 0.2) is 6.07 Å². The molecule has 2 heterocycles. The fourth-order valence-electron chi connectivity index (χ4n) is 4.04. The first-order chi connectivity index (χ1) is 11.3. The summed E-state index contributed by atoms with van der Waals surface area (Å²) in [5, 5.41) is 7.53. The minimum Gasteiger partial charge on any atom is -0.342 e. The molecule has 3 rings (SSSR count). The van der Waals surface area contributed by atoms with Crippen molar-refractivity contribution in [2.75, 3.05) is 13.1 Å². The number of aryl methyl sites for hydroxylation is 2. The van der Waals surface area contributed by atoms with Crippen LogP contribution in [0.5, 0.6) is 0 Å². The zero-order chi connectivity index (χ0) is 17.5. The maximum absolute atomic E-state index is 13.2. The van der Waals surface area contributed by atoms with Crippen molar-refractivity contribution in [3.05, 3.63) is 17.5 Å². The van der Waals surface area contributed by atoms with Crippen molar-refractivity contribution in [3.8, 4) is 0 Å². The Bertz CT molecular complexity index is 649. The number of piperidine rings is 1. The Morgan fingerprint density at radius 1 is 1.29 bits per heavy atom. The van der Waals surface area contributed by atoms with Gasteiger partial charge >= 0.3 is 0 Å². The van der Waals surface area contributed by atoms with E-state index in [-0.39, 0.29) is 23.8 Å². The quantitative estimate of drug-likeness (QED) is 0.916. The van der Waals surface area contributed by atoms with E-state index in [0.717, 1.165) is 43.6 Å². The molecule has 2 aliphatic rings. The van der Waals surface area contributed by atoms with Gasteiger partial charge in [0.15, 0.2) is 0 Å². The van der Waals surface area contributed by atoms with Crippen LogP contribution in [-0.4, -0.2) is 45.1 Å². The van der Waals surface area contributed by atoms with Gasteiger partial charge in [0.05, 0.1) is 11.7 Å². The van der Waals surface area contributed by atoms with E-state index in [0.29, 0.717) is 6.54 Å². The fourth-order valence-corrected chi connectivity index (χ4v) is 4.04. The van der Waals surface area contributed by atoms with Crippen molar-refractivity contribution < 1.29 is 9.59 Å². The van der Waals surface area contributed by atoms with Gasteiger partial charge in [-0.25, -0.2) is 0 Å². The molecule has 0 radical (unpaired) electrons. The highest BCUT2D eigenvalue weighted by molar-refractivity contribution is 5.91. The van der Waals surface area contributed by atoms with Gasteiger partial charge in [0.25, 0.3) is 0 Å². The predicted molar refractivity (Wildman–Crippen MR) is 91.5 cm³/mol. The van der Waals surface area contributed by atoms with Crippen molar-refractivity contribution >= 4 is 11.8 Å². The van der Waals surface area contributed by atoms with Crippen molar-refractivity contribution in [1.82, 2.24) is 20.0 Å². The van der Waals surface area contributed by atoms with Crippen LogP contribution >= 0.6 is 0 Å². The van der Waals surface area contributed by atoms with E-state index in [1.165, 1.54) is 6.92 Å². The zero-order valence-corrected chi connectivity index (χ0v) is 15.1. The molecule has 1 aromatic rings. The van der Waals surface area contributed by atoms with Crippen molar-refractivity contribution in [2.24, 2.45) is 5.92 Å². The van der Waals surface area contributed by atoms with Crippen LogP contribution in [0.3, 0.4) is 0 Å². The molecule has 1 saturated heterocycles. The highest BCUT2D eigenvalue weighted by Gasteiger charge is 2.50. The van der Waals surface area contributed by atoms with Crippen LogP contribution in [0.2, 0.25) is 0 Å². The lowest BCUT2D eigenvalue weighted by Gasteiger charge is -2.39. The molecule has 1 N–H and O–H groups in total. The van der Waals surface area contributed by atoms with Gasteiger partial charge in [-0.2, -0.15) is 5.10 Å². The first-order valence-electron chi connectivity index (χ1n) is 8.92. The number of nitrogens with one attached hydrogen (secondary N) is 1. The van der Waals surface area contributed by atoms with E-state index in [2.05, 4.69) is 28.1 Å². The average molecular weight is 332 g/mol. The molecule has 2 fully saturated rings. The van der Waals surface area contributed by atoms with Gasteiger partial charge in [-0.1, -0.05) is 0 Å². The molecule has 132 valence electrons. The molecule has 1 aromatic heterocycles. The summed E-state index contributed by atoms with van der Waals surface area (Å²) in [4.78, 5) is 26.7. The summed E-state index contributed by atoms with van der Waals surface area (Å²) in [6, 6.07) is 2.30. The molecule has 1 saturated carbocycles. The van der Waals surface area contributed by atoms with E-state index < -0.39 is 5.54 Å². The second-order valence-corrected chi connectivity index (χ2v) is 7.58. The third kappa shape index (κ3) is 3.19. The van der Waals surface area contributed by atoms with Gasteiger partial charge in [0.1, 0.15) is 5.54 Å². The molecule has 0 spiro atoms. The Hall–Kier alpha value is -1.85. The Kier molecular flexibility index (Phi) is 4.40. The Balaban J connectivity index is 1.77. The molecule has 1 aliphatic heterocycles. The largest absolute Gasteiger partial charge is 0.342 e. The zero-order valence-electron chi connectivity index (χ0n) is 15.1. The summed E-state index contributed by atoms with van der Waals surface area (Å²) in [5.74, 6) is 0.194. The molecule has 6 heteroatoms. The first kappa shape index (κ1) is 17.0. The maximum Gasteiger partial charge on any atom is 0.248 e. The number of carbonyl (C=O) groups excluding carboxylic acids is 2. The number of nitrogens with zero attached hydrogens (tertiary/aromatic N) is 3. The van der Waals surface area contributed by atoms with E-state index >= 15 is 0 Å². The van der Waals surface area contributed by atoms with E-state index in [1.807, 2.05) is 18.7 Å². The molecule has 6 nitrogen and oxygen atoms in total. The summed E-state index contributed by atoms with van der Waals surface area (Å²) in [6.45, 7) is 8.87. The summed E-state index contributed by atoms with van der Waals surface area (Å²) in [5.41, 5.74) is 1.39. The van der Waals surface area contributed by atoms with Crippen molar-refractivity contribution in [2.45, 2.75) is 65.0 Å². The lowest BCUT2D eigenvalue weighted by Crippen LogP contribution is -2.60. The predicted octanol–water partition coefficient (Wildman–Crippen LogP) is 1.97. The van der Waals surface area contributed by atoms with Crippen LogP contribution in [0.1, 0.15) is 57.0 Å². The number of amides is 2. The number of aromatic nitrogens is 2. The lowest BCUT2D eigenvalue weighted by molar-refractivity contribution is -0.143. The minimum atomic E-state index is -0.761. The van der Waals surface area contributed by atoms with Gasteiger partial charge in [0, 0.05) is 25.7 Å². The van der Waals surface area contributed by atoms with Gasteiger partial charge in [0.2, 0.25) is 11.8 Å². The summed E-state index contributed by atoms with van der Waals surface area (Å²) < 4.78 is 2.06. The molecule has 2 amide bonds. The highest BCUT2D eigenvalue weighted by Crippen LogP contribution is 2.41. The number of hydrogen-bond acceptors (Lipinski definition) is 3. The summed E-state index contributed by atoms with van der Waals surface area (Å²) >= 11 is 0. The van der Waals surface area contributed by atoms with Gasteiger partial charge in [-0.15, -0.1) is 0 Å². The van der Waals surface area contributed by atoms with Crippen LogP contribution < -0.4 is 5.32 Å². The Labute approximate surface area is 143 Å². The summed E-state index contributed by atoms with van der Waals surface area (Å²) in [7, 11) is 0. The van der Waals surface area contributed by atoms with Crippen molar-refractivity contribution in [1.29, 1.82) is 0 Å². The third-order valence-corrected chi connectivity index (χ3v) is 5.35. The van der Waals surface area contributed by atoms with Crippen LogP contribution in [0.4, 0.5) is 0 Å². The maximum atomic E-state index is 13.2. The van der Waals surface area contributed by atoms with Crippen molar-refractivity contribution in [3.63, 3.8) is 0 Å². The van der Waals surface area contributed by atoms with Gasteiger partial charge < -0.3 is 10.2 Å². The normalized spacial score (nSPS) is 23.7. The second kappa shape index (κ2) is 6.22. The molecule has 1 aliphatic carbocycles. The molecule has 0 bridgehead atoms. The fraction of sp³-hybridized carbons (Fsp3) is 0.722. The molecule has 0 unspecified atom stereocenters. The van der Waals surface area contributed by atoms with E-state index in [1.54, 1.807) is 0 Å². The SMILES string of the molecule is CC(=O)N[C@](C)(C(=O)N1CCC[C@@H](n2nc(C)cc2C)C1)C1CC1. The molecule has 24 heavy (non-hydrogen) atoms. The van der Waals surface area contributed by atoms with Gasteiger partial charge in [-0.05, 0) is 58.4 Å². The van der Waals surface area contributed by atoms with E-state index in [4.69, 9.17) is 0 Å². The number of likely N-dealkylation sites (tertiary alicyclic amines) is 1. The van der Waals surface area contributed by atoms with Crippen LogP contribution in [0, 0.1) is 19.8 Å². The van der Waals surface area contributed by atoms with Gasteiger partial charge in [-0.3, -0.25) is 14.3 Å². The standard InChI is InChI=1S/C18H28N4O2/c1-12-10-13(2)22(20-12)16-6-5-9-21(11-16)17(24)18(4,15-7-8-15)19-14(3)23/h10,15-16H,5-9,11H2,1-4H3,(H,19,23)/t16-,18+/m1/s1. The third-order valence-electron chi connectivity index (χ3n) is 5.35. The molecular formula is C18H28N4O2. The van der Waals surface area contributed by atoms with E-state index in [9.17, 15) is 9.59 Å². The molecular weight excluding hydrogens is 304 g/mol. The Morgan fingerprint density at radius 3 is 2.54 bits per heavy atom. The topological polar surface area (TPSA) is 67.2 Å². The number of carbonyl (C=O) groups is 2. The molecule has 0 aromatic carbocycles. The lowest BCUT2D eigenvalue weighted by atomic mass is 9.92. The number of rotatable bonds is 4. The van der Waals surface area contributed by atoms with Crippen LogP contribution in [-0.2, 0) is 9.59 Å². The average Bonchev–Trinajstić information content (AvgIpc) is 3.31. The van der Waals surface area contributed by atoms with Crippen LogP contribution in [0.25, 0.3) is 0 Å². The molecule has 2 atom stereocenters. The highest BCUT2D eigenvalue weighted by atomic mass is 16.2. The minimum absolute atomic E-state index is 0.0615. The Morgan fingerprint density at radius 2 is 2.00 bits per heavy atom. The number of hydrogen-bond donors (Lipinski definition) is 1.